The number of H-pyrrole nitrogens is 1. The van der Waals surface area contributed by atoms with E-state index in [4.69, 9.17) is 9.47 Å². The zero-order chi connectivity index (χ0) is 26.9. The van der Waals surface area contributed by atoms with Crippen molar-refractivity contribution in [1.29, 1.82) is 0 Å². The smallest absolute Gasteiger partial charge is 0.267 e. The Hall–Kier alpha value is -4.80. The summed E-state index contributed by atoms with van der Waals surface area (Å²) in [6.45, 7) is 2.43. The van der Waals surface area contributed by atoms with Crippen molar-refractivity contribution in [3.05, 3.63) is 78.3 Å². The number of para-hydroxylation sites is 1. The van der Waals surface area contributed by atoms with Crippen LogP contribution in [0.2, 0.25) is 0 Å². The van der Waals surface area contributed by atoms with Gasteiger partial charge in [0, 0.05) is 23.4 Å². The number of amides is 1. The summed E-state index contributed by atoms with van der Waals surface area (Å²) >= 11 is 0. The maximum Gasteiger partial charge on any atom is 0.267 e. The lowest BCUT2D eigenvalue weighted by Gasteiger charge is -2.35. The Morgan fingerprint density at radius 1 is 1.13 bits per heavy atom. The van der Waals surface area contributed by atoms with Crippen molar-refractivity contribution >= 4 is 16.8 Å². The standard InChI is InChI=1S/C28H26FN7O3/c1-3-39-19-8-9-21(30-14-19)27-35-34-26(36(27)24-7-5-4-6-20(24)29)17-10-18(11-17)32-28(37)22-12-16-13-25(38-2)31-15-23(16)33-22/h4-9,12-15,17-18,33H,3,10-11H2,1-2H3,(H,32,37). The van der Waals surface area contributed by atoms with Crippen LogP contribution in [0.25, 0.3) is 28.1 Å². The van der Waals surface area contributed by atoms with E-state index in [0.717, 1.165) is 10.9 Å². The molecule has 0 unspecified atom stereocenters. The van der Waals surface area contributed by atoms with Crippen LogP contribution in [0.1, 0.15) is 42.0 Å². The molecule has 11 heteroatoms. The SMILES string of the molecule is CCOc1ccc(-c2nnc(C3CC(NC(=O)c4cc5cc(OC)ncc5[nH]4)C3)n2-c2ccccc2F)nc1. The highest BCUT2D eigenvalue weighted by atomic mass is 19.1. The van der Waals surface area contributed by atoms with E-state index < -0.39 is 0 Å². The average molecular weight is 528 g/mol. The molecule has 5 aromatic rings. The van der Waals surface area contributed by atoms with Gasteiger partial charge in [0.25, 0.3) is 5.91 Å². The van der Waals surface area contributed by atoms with Gasteiger partial charge in [-0.2, -0.15) is 0 Å². The number of aromatic amines is 1. The van der Waals surface area contributed by atoms with Crippen LogP contribution in [0.5, 0.6) is 11.6 Å². The number of methoxy groups -OCH3 is 1. The number of nitrogens with zero attached hydrogens (tertiary/aromatic N) is 5. The van der Waals surface area contributed by atoms with Gasteiger partial charge < -0.3 is 19.8 Å². The topological polar surface area (TPSA) is 120 Å². The summed E-state index contributed by atoms with van der Waals surface area (Å²) in [5.41, 5.74) is 2.09. The van der Waals surface area contributed by atoms with Crippen molar-refractivity contribution in [2.24, 2.45) is 0 Å². The molecule has 0 aliphatic heterocycles. The highest BCUT2D eigenvalue weighted by Crippen LogP contribution is 2.39. The number of pyridine rings is 2. The monoisotopic (exact) mass is 527 g/mol. The van der Waals surface area contributed by atoms with Crippen LogP contribution in [0, 0.1) is 5.82 Å². The third kappa shape index (κ3) is 4.67. The van der Waals surface area contributed by atoms with Gasteiger partial charge in [-0.15, -0.1) is 10.2 Å². The van der Waals surface area contributed by atoms with E-state index in [9.17, 15) is 9.18 Å². The third-order valence-corrected chi connectivity index (χ3v) is 6.83. The largest absolute Gasteiger partial charge is 0.492 e. The van der Waals surface area contributed by atoms with Crippen LogP contribution in [-0.4, -0.2) is 55.4 Å². The van der Waals surface area contributed by atoms with Gasteiger partial charge in [0.05, 0.1) is 37.3 Å². The lowest BCUT2D eigenvalue weighted by atomic mass is 9.79. The second-order valence-corrected chi connectivity index (χ2v) is 9.32. The van der Waals surface area contributed by atoms with Gasteiger partial charge in [-0.05, 0) is 50.1 Å². The maximum atomic E-state index is 15.0. The Kier molecular flexibility index (Phi) is 6.39. The molecular formula is C28H26FN7O3. The van der Waals surface area contributed by atoms with E-state index >= 15 is 0 Å². The number of carbonyl (C=O) groups is 1. The average Bonchev–Trinajstić information content (AvgIpc) is 3.55. The second kappa shape index (κ2) is 10.2. The van der Waals surface area contributed by atoms with Crippen LogP contribution >= 0.6 is 0 Å². The molecule has 1 aliphatic rings. The van der Waals surface area contributed by atoms with Crippen molar-refractivity contribution in [2.45, 2.75) is 31.7 Å². The molecule has 2 N–H and O–H groups in total. The fourth-order valence-electron chi connectivity index (χ4n) is 4.82. The van der Waals surface area contributed by atoms with Gasteiger partial charge in [-0.25, -0.2) is 14.4 Å². The maximum absolute atomic E-state index is 15.0. The van der Waals surface area contributed by atoms with E-state index in [1.165, 1.54) is 6.07 Å². The van der Waals surface area contributed by atoms with Gasteiger partial charge in [-0.3, -0.25) is 9.36 Å². The number of hydrogen-bond acceptors (Lipinski definition) is 7. The quantitative estimate of drug-likeness (QED) is 0.306. The third-order valence-electron chi connectivity index (χ3n) is 6.83. The molecule has 39 heavy (non-hydrogen) atoms. The minimum Gasteiger partial charge on any atom is -0.492 e. The normalized spacial score (nSPS) is 16.6. The number of rotatable bonds is 8. The summed E-state index contributed by atoms with van der Waals surface area (Å²) in [6, 6.07) is 13.6. The number of halogens is 1. The second-order valence-electron chi connectivity index (χ2n) is 9.32. The van der Waals surface area contributed by atoms with Crippen molar-refractivity contribution in [1.82, 2.24) is 35.0 Å². The van der Waals surface area contributed by atoms with Crippen LogP contribution in [0.15, 0.2) is 60.9 Å². The molecule has 0 spiro atoms. The summed E-state index contributed by atoms with van der Waals surface area (Å²) in [7, 11) is 1.55. The number of benzene rings is 1. The van der Waals surface area contributed by atoms with Crippen LogP contribution < -0.4 is 14.8 Å². The van der Waals surface area contributed by atoms with Crippen LogP contribution in [0.3, 0.4) is 0 Å². The van der Waals surface area contributed by atoms with E-state index in [-0.39, 0.29) is 23.7 Å². The van der Waals surface area contributed by atoms with Crippen molar-refractivity contribution in [3.8, 4) is 28.8 Å². The number of carbonyl (C=O) groups excluding carboxylic acids is 1. The van der Waals surface area contributed by atoms with Crippen LogP contribution in [-0.2, 0) is 0 Å². The Balaban J connectivity index is 1.22. The molecule has 4 heterocycles. The number of aromatic nitrogens is 6. The van der Waals surface area contributed by atoms with E-state index in [1.807, 2.05) is 6.92 Å². The van der Waals surface area contributed by atoms with Gasteiger partial charge in [0.15, 0.2) is 5.82 Å². The molecule has 0 radical (unpaired) electrons. The molecule has 1 aromatic carbocycles. The predicted octanol–water partition coefficient (Wildman–Crippen LogP) is 4.43. The Morgan fingerprint density at radius 3 is 2.72 bits per heavy atom. The fourth-order valence-corrected chi connectivity index (χ4v) is 4.82. The predicted molar refractivity (Wildman–Crippen MR) is 142 cm³/mol. The first-order valence-electron chi connectivity index (χ1n) is 12.7. The number of nitrogens with one attached hydrogen (secondary N) is 2. The Bertz CT molecular complexity index is 1640. The first kappa shape index (κ1) is 24.5. The molecule has 10 nitrogen and oxygen atoms in total. The fraction of sp³-hybridized carbons (Fsp3) is 0.250. The number of ether oxygens (including phenoxy) is 2. The summed E-state index contributed by atoms with van der Waals surface area (Å²) in [5, 5.41) is 12.7. The van der Waals surface area contributed by atoms with Gasteiger partial charge >= 0.3 is 0 Å². The molecule has 1 saturated carbocycles. The molecule has 1 aliphatic carbocycles. The number of fused-ring (bicyclic) bond motifs is 1. The molecule has 1 amide bonds. The first-order chi connectivity index (χ1) is 19.0. The van der Waals surface area contributed by atoms with Crippen molar-refractivity contribution in [3.63, 3.8) is 0 Å². The zero-order valence-electron chi connectivity index (χ0n) is 21.4. The Labute approximate surface area is 223 Å². The summed E-state index contributed by atoms with van der Waals surface area (Å²) in [6.07, 6.45) is 4.54. The lowest BCUT2D eigenvalue weighted by Crippen LogP contribution is -2.44. The zero-order valence-corrected chi connectivity index (χ0v) is 21.4. The molecule has 1 fully saturated rings. The van der Waals surface area contributed by atoms with Crippen LogP contribution in [0.4, 0.5) is 4.39 Å². The minimum atomic E-state index is -0.389. The lowest BCUT2D eigenvalue weighted by molar-refractivity contribution is 0.0903. The summed E-state index contributed by atoms with van der Waals surface area (Å²) in [4.78, 5) is 24.7. The van der Waals surface area contributed by atoms with Crippen molar-refractivity contribution in [2.75, 3.05) is 13.7 Å². The first-order valence-corrected chi connectivity index (χ1v) is 12.7. The Morgan fingerprint density at radius 2 is 1.97 bits per heavy atom. The van der Waals surface area contributed by atoms with E-state index in [1.54, 1.807) is 66.5 Å². The molecule has 4 aromatic heterocycles. The molecular weight excluding hydrogens is 501 g/mol. The van der Waals surface area contributed by atoms with Gasteiger partial charge in [0.2, 0.25) is 5.88 Å². The minimum absolute atomic E-state index is 0.0185. The molecule has 198 valence electrons. The molecule has 0 atom stereocenters. The highest BCUT2D eigenvalue weighted by Gasteiger charge is 2.36. The van der Waals surface area contributed by atoms with E-state index in [2.05, 4.69) is 30.5 Å². The summed E-state index contributed by atoms with van der Waals surface area (Å²) < 4.78 is 27.3. The van der Waals surface area contributed by atoms with E-state index in [0.29, 0.717) is 59.8 Å². The molecule has 0 bridgehead atoms. The van der Waals surface area contributed by atoms with Crippen molar-refractivity contribution < 1.29 is 18.7 Å². The number of hydrogen-bond donors (Lipinski definition) is 2. The summed E-state index contributed by atoms with van der Waals surface area (Å²) in [5.74, 6) is 1.57. The van der Waals surface area contributed by atoms with Gasteiger partial charge in [-0.1, -0.05) is 12.1 Å². The highest BCUT2D eigenvalue weighted by molar-refractivity contribution is 5.98. The molecule has 6 rings (SSSR count). The van der Waals surface area contributed by atoms with Gasteiger partial charge in [0.1, 0.15) is 28.8 Å². The molecule has 0 saturated heterocycles.